The van der Waals surface area contributed by atoms with Crippen molar-refractivity contribution in [1.29, 1.82) is 0 Å². The van der Waals surface area contributed by atoms with Gasteiger partial charge in [0, 0.05) is 20.4 Å². The molecule has 0 aliphatic rings. The molecule has 0 unspecified atom stereocenters. The molecule has 0 amide bonds. The molecule has 4 rings (SSSR count). The third kappa shape index (κ3) is 18.6. The Labute approximate surface area is 271 Å². The zero-order chi connectivity index (χ0) is 28.8. The van der Waals surface area contributed by atoms with Crippen LogP contribution in [0.5, 0.6) is 0 Å². The molecule has 41 heavy (non-hydrogen) atoms. The quantitative estimate of drug-likeness (QED) is 0.105. The maximum Gasteiger partial charge on any atom is 0.0684 e. The molecule has 0 N–H and O–H groups in total. The van der Waals surface area contributed by atoms with Crippen molar-refractivity contribution in [2.24, 2.45) is 0 Å². The van der Waals surface area contributed by atoms with E-state index in [2.05, 4.69) is 12.2 Å². The zero-order valence-corrected chi connectivity index (χ0v) is 25.6. The molecule has 0 aliphatic heterocycles. The van der Waals surface area contributed by atoms with Gasteiger partial charge in [-0.05, 0) is 11.1 Å². The summed E-state index contributed by atoms with van der Waals surface area (Å²) in [6.07, 6.45) is 15.4. The molecular formula is C35H26Cl3O2Pd-3. The summed E-state index contributed by atoms with van der Waals surface area (Å²) in [5.74, 6) is -0.273. The van der Waals surface area contributed by atoms with Crippen LogP contribution in [0.4, 0.5) is 0 Å². The Morgan fingerprint density at radius 3 is 1.00 bits per heavy atom. The Balaban J connectivity index is 0.000000355. The summed E-state index contributed by atoms with van der Waals surface area (Å²) in [7, 11) is 0. The number of carbonyl (C=O) groups excluding carboxylic acids is 2. The van der Waals surface area contributed by atoms with Gasteiger partial charge in [-0.1, -0.05) is 101 Å². The molecule has 212 valence electrons. The van der Waals surface area contributed by atoms with Gasteiger partial charge in [-0.2, -0.15) is 12.2 Å². The van der Waals surface area contributed by atoms with Crippen LogP contribution in [0, 0.1) is 16.4 Å². The second-order valence-corrected chi connectivity index (χ2v) is 9.54. The summed E-state index contributed by atoms with van der Waals surface area (Å²) in [5.41, 5.74) is 3.96. The molecule has 4 aromatic carbocycles. The van der Waals surface area contributed by atoms with Gasteiger partial charge >= 0.3 is 0 Å². The maximum atomic E-state index is 11.6. The summed E-state index contributed by atoms with van der Waals surface area (Å²) in [4.78, 5) is 23.1. The van der Waals surface area contributed by atoms with Crippen LogP contribution in [0.15, 0.2) is 133 Å². The van der Waals surface area contributed by atoms with Gasteiger partial charge in [-0.15, -0.1) is 71.8 Å². The van der Waals surface area contributed by atoms with Gasteiger partial charge in [0.1, 0.15) is 0 Å². The third-order valence-electron chi connectivity index (χ3n) is 4.81. The van der Waals surface area contributed by atoms with Crippen molar-refractivity contribution in [3.05, 3.63) is 172 Å². The molecule has 0 radical (unpaired) electrons. The number of ketones is 2. The fraction of sp³-hybridized carbons (Fsp3) is 0. The van der Waals surface area contributed by atoms with E-state index in [1.807, 2.05) is 121 Å². The van der Waals surface area contributed by atoms with Gasteiger partial charge in [0.25, 0.3) is 0 Å². The largest absolute Gasteiger partial charge is 0.319 e. The number of hydrogen-bond donors (Lipinski definition) is 0. The fourth-order valence-electron chi connectivity index (χ4n) is 2.98. The van der Waals surface area contributed by atoms with Gasteiger partial charge in [0.15, 0.2) is 0 Å². The third-order valence-corrected chi connectivity index (χ3v) is 4.81. The predicted octanol–water partition coefficient (Wildman–Crippen LogP) is 9.72. The molecule has 0 fully saturated rings. The fourth-order valence-corrected chi connectivity index (χ4v) is 2.98. The topological polar surface area (TPSA) is 34.1 Å². The first-order valence-electron chi connectivity index (χ1n) is 12.1. The standard InChI is InChI=1S/2C17H13O.CCl3.Pd/c2*18-17(13-11-15-7-3-1-4-8-15)14-12-16-9-5-2-6-10-16;2-1(3)4;/h2*1-13H;;/q3*-1;. The van der Waals surface area contributed by atoms with Crippen molar-refractivity contribution >= 4 is 70.7 Å². The minimum atomic E-state index is -0.167. The molecule has 6 heteroatoms. The molecular weight excluding hydrogens is 665 g/mol. The number of halogens is 3. The molecule has 0 heterocycles. The first-order chi connectivity index (χ1) is 19.4. The first-order valence-corrected chi connectivity index (χ1v) is 13.2. The van der Waals surface area contributed by atoms with Crippen LogP contribution in [-0.4, -0.2) is 11.6 Å². The van der Waals surface area contributed by atoms with Gasteiger partial charge in [0.2, 0.25) is 0 Å². The first kappa shape index (κ1) is 35.7. The summed E-state index contributed by atoms with van der Waals surface area (Å²) < 4.78 is -0.167. The zero-order valence-electron chi connectivity index (χ0n) is 21.8. The van der Waals surface area contributed by atoms with Crippen LogP contribution in [0.2, 0.25) is 0 Å². The molecule has 4 aromatic rings. The van der Waals surface area contributed by atoms with E-state index in [0.717, 1.165) is 22.3 Å². The second-order valence-electron chi connectivity index (χ2n) is 7.83. The monoisotopic (exact) mass is 689 g/mol. The molecule has 0 aliphatic carbocycles. The second kappa shape index (κ2) is 22.4. The van der Waals surface area contributed by atoms with Crippen molar-refractivity contribution in [1.82, 2.24) is 0 Å². The van der Waals surface area contributed by atoms with Crippen LogP contribution >= 0.6 is 34.8 Å². The van der Waals surface area contributed by atoms with E-state index in [9.17, 15) is 9.59 Å². The molecule has 0 saturated carbocycles. The molecule has 0 bridgehead atoms. The normalized spacial score (nSPS) is 10.6. The Morgan fingerprint density at radius 1 is 0.488 bits per heavy atom. The number of rotatable bonds is 8. The number of carbonyl (C=O) groups is 2. The maximum absolute atomic E-state index is 11.6. The van der Waals surface area contributed by atoms with Crippen molar-refractivity contribution in [2.45, 2.75) is 0 Å². The van der Waals surface area contributed by atoms with Gasteiger partial charge in [0.05, 0.1) is 11.6 Å². The average Bonchev–Trinajstić information content (AvgIpc) is 2.99. The van der Waals surface area contributed by atoms with Gasteiger partial charge in [-0.3, -0.25) is 0 Å². The predicted molar refractivity (Wildman–Crippen MR) is 170 cm³/mol. The molecule has 2 nitrogen and oxygen atoms in total. The average molecular weight is 691 g/mol. The van der Waals surface area contributed by atoms with E-state index in [1.54, 1.807) is 24.3 Å². The van der Waals surface area contributed by atoms with E-state index >= 15 is 0 Å². The Kier molecular flexibility index (Phi) is 19.5. The van der Waals surface area contributed by atoms with Crippen LogP contribution in [-0.2, 0) is 30.0 Å². The molecule has 0 atom stereocenters. The van der Waals surface area contributed by atoms with Crippen LogP contribution in [0.1, 0.15) is 22.3 Å². The smallest absolute Gasteiger partial charge is 0.0684 e. The summed E-state index contributed by atoms with van der Waals surface area (Å²) in [5, 5.41) is 0. The Hall–Kier alpha value is -3.29. The number of hydrogen-bond acceptors (Lipinski definition) is 2. The number of benzene rings is 4. The Morgan fingerprint density at radius 2 is 0.732 bits per heavy atom. The van der Waals surface area contributed by atoms with Crippen LogP contribution in [0.25, 0.3) is 24.3 Å². The minimum absolute atomic E-state index is 0. The van der Waals surface area contributed by atoms with Crippen molar-refractivity contribution in [3.63, 3.8) is 0 Å². The molecule has 0 spiro atoms. The molecule has 0 aromatic heterocycles. The SMILES string of the molecule is Cl[C-](Cl)Cl.O=C([C-]=Cc1ccccc1)C=Cc1ccccc1.O=C([C-]=Cc1ccccc1)C=Cc1ccccc1.[Pd]. The Bertz CT molecular complexity index is 1170. The summed E-state index contributed by atoms with van der Waals surface area (Å²) >= 11 is 14.2. The van der Waals surface area contributed by atoms with Gasteiger partial charge in [-0.25, -0.2) is 0 Å². The summed E-state index contributed by atoms with van der Waals surface area (Å²) in [6, 6.07) is 38.8. The van der Waals surface area contributed by atoms with Gasteiger partial charge < -0.3 is 44.4 Å². The van der Waals surface area contributed by atoms with E-state index in [4.69, 9.17) is 34.8 Å². The van der Waals surface area contributed by atoms with Crippen LogP contribution < -0.4 is 0 Å². The molecule has 0 saturated heterocycles. The van der Waals surface area contributed by atoms with E-state index in [-0.39, 0.29) is 36.3 Å². The number of allylic oxidation sites excluding steroid dienone is 4. The van der Waals surface area contributed by atoms with E-state index in [0.29, 0.717) is 0 Å². The summed E-state index contributed by atoms with van der Waals surface area (Å²) in [6.45, 7) is 0. The van der Waals surface area contributed by atoms with Crippen molar-refractivity contribution in [3.8, 4) is 0 Å². The van der Waals surface area contributed by atoms with E-state index < -0.39 is 0 Å². The van der Waals surface area contributed by atoms with Crippen LogP contribution in [0.3, 0.4) is 0 Å². The van der Waals surface area contributed by atoms with Crippen molar-refractivity contribution in [2.75, 3.05) is 0 Å². The minimum Gasteiger partial charge on any atom is -0.319 e. The van der Waals surface area contributed by atoms with Crippen molar-refractivity contribution < 1.29 is 30.0 Å². The van der Waals surface area contributed by atoms with E-state index in [1.165, 1.54) is 12.2 Å².